The summed E-state index contributed by atoms with van der Waals surface area (Å²) in [5.74, 6) is 0. The molecule has 0 amide bonds. The Morgan fingerprint density at radius 3 is 2.67 bits per heavy atom. The molecule has 2 nitrogen and oxygen atoms in total. The van der Waals surface area contributed by atoms with Gasteiger partial charge in [-0.25, -0.2) is 0 Å². The molecule has 0 aromatic heterocycles. The number of aliphatic hydroxyl groups is 1. The number of ether oxygens (including phenoxy) is 1. The van der Waals surface area contributed by atoms with Crippen molar-refractivity contribution < 1.29 is 9.84 Å². The normalized spacial score (nSPS) is 12.8. The second kappa shape index (κ2) is 4.70. The Hall–Kier alpha value is -0.150. The van der Waals surface area contributed by atoms with Crippen molar-refractivity contribution in [1.29, 1.82) is 0 Å². The number of rotatable bonds is 3. The van der Waals surface area contributed by atoms with Crippen LogP contribution < -0.4 is 0 Å². The first-order valence-electron chi connectivity index (χ1n) is 3.03. The van der Waals surface area contributed by atoms with Crippen molar-refractivity contribution in [2.75, 3.05) is 6.61 Å². The summed E-state index contributed by atoms with van der Waals surface area (Å²) in [6.45, 7) is 4.19. The molecule has 1 N–H and O–H groups in total. The monoisotopic (exact) mass is 148 g/mol. The average Bonchev–Trinajstić information content (AvgIpc) is 1.82. The zero-order chi connectivity index (χ0) is 7.28. The maximum Gasteiger partial charge on any atom is 0.188 e. The van der Waals surface area contributed by atoms with Gasteiger partial charge in [0.25, 0.3) is 0 Å². The quantitative estimate of drug-likeness (QED) is 0.608. The van der Waals surface area contributed by atoms with Gasteiger partial charge in [-0.3, -0.25) is 0 Å². The van der Waals surface area contributed by atoms with E-state index >= 15 is 0 Å². The molecule has 1 unspecified atom stereocenters. The molecular formula is C6H12O2S. The van der Waals surface area contributed by atoms with E-state index in [-0.39, 0.29) is 5.05 Å². The van der Waals surface area contributed by atoms with E-state index in [4.69, 9.17) is 9.84 Å². The molecule has 0 fully saturated rings. The van der Waals surface area contributed by atoms with Crippen LogP contribution in [0.2, 0.25) is 0 Å². The van der Waals surface area contributed by atoms with Crippen molar-refractivity contribution in [2.24, 2.45) is 0 Å². The molecule has 0 rings (SSSR count). The summed E-state index contributed by atoms with van der Waals surface area (Å²) in [6, 6.07) is 0. The molecule has 0 saturated heterocycles. The highest BCUT2D eigenvalue weighted by molar-refractivity contribution is 7.80. The van der Waals surface area contributed by atoms with E-state index in [9.17, 15) is 0 Å². The molecular weight excluding hydrogens is 136 g/mol. The molecule has 54 valence electrons. The lowest BCUT2D eigenvalue weighted by Gasteiger charge is -2.06. The Bertz CT molecular complexity index is 91.1. The molecule has 3 heteroatoms. The lowest BCUT2D eigenvalue weighted by Crippen LogP contribution is -2.17. The number of hydrogen-bond donors (Lipinski definition) is 1. The van der Waals surface area contributed by atoms with Gasteiger partial charge in [0.15, 0.2) is 5.05 Å². The molecule has 9 heavy (non-hydrogen) atoms. The summed E-state index contributed by atoms with van der Waals surface area (Å²) in [5.41, 5.74) is 0. The molecule has 0 aliphatic carbocycles. The van der Waals surface area contributed by atoms with E-state index in [1.54, 1.807) is 6.92 Å². The highest BCUT2D eigenvalue weighted by Crippen LogP contribution is 1.90. The average molecular weight is 148 g/mol. The van der Waals surface area contributed by atoms with Gasteiger partial charge < -0.3 is 9.84 Å². The minimum Gasteiger partial charge on any atom is -0.484 e. The number of aliphatic hydroxyl groups excluding tert-OH is 1. The molecule has 0 aliphatic heterocycles. The first-order valence-corrected chi connectivity index (χ1v) is 3.44. The van der Waals surface area contributed by atoms with Crippen LogP contribution in [0, 0.1) is 0 Å². The maximum absolute atomic E-state index is 8.78. The van der Waals surface area contributed by atoms with Gasteiger partial charge >= 0.3 is 0 Å². The van der Waals surface area contributed by atoms with Crippen molar-refractivity contribution in [1.82, 2.24) is 0 Å². The van der Waals surface area contributed by atoms with Crippen molar-refractivity contribution in [3.8, 4) is 0 Å². The Morgan fingerprint density at radius 2 is 2.33 bits per heavy atom. The Labute approximate surface area is 60.8 Å². The van der Waals surface area contributed by atoms with Crippen molar-refractivity contribution in [2.45, 2.75) is 26.4 Å². The summed E-state index contributed by atoms with van der Waals surface area (Å²) >= 11 is 4.67. The van der Waals surface area contributed by atoms with Crippen LogP contribution in [0.4, 0.5) is 0 Å². The zero-order valence-corrected chi connectivity index (χ0v) is 6.57. The van der Waals surface area contributed by atoms with E-state index in [1.807, 2.05) is 6.92 Å². The molecule has 0 heterocycles. The fraction of sp³-hybridized carbons (Fsp3) is 0.833. The number of hydrogen-bond acceptors (Lipinski definition) is 3. The number of thiocarbonyl (C=S) groups is 1. The second-order valence-corrected chi connectivity index (χ2v) is 2.25. The first-order chi connectivity index (χ1) is 4.18. The summed E-state index contributed by atoms with van der Waals surface area (Å²) in [6.07, 6.45) is 0.305. The summed E-state index contributed by atoms with van der Waals surface area (Å²) in [4.78, 5) is 0. The van der Waals surface area contributed by atoms with Crippen LogP contribution in [0.25, 0.3) is 0 Å². The van der Waals surface area contributed by atoms with E-state index in [0.717, 1.165) is 6.42 Å². The van der Waals surface area contributed by atoms with Crippen LogP contribution in [0.5, 0.6) is 0 Å². The van der Waals surface area contributed by atoms with Gasteiger partial charge in [-0.05, 0) is 25.6 Å². The van der Waals surface area contributed by atoms with Gasteiger partial charge in [0.05, 0.1) is 6.61 Å². The molecule has 0 bridgehead atoms. The van der Waals surface area contributed by atoms with Gasteiger partial charge in [0.1, 0.15) is 6.10 Å². The summed E-state index contributed by atoms with van der Waals surface area (Å²) < 4.78 is 4.93. The molecule has 0 radical (unpaired) electrons. The smallest absolute Gasteiger partial charge is 0.188 e. The predicted molar refractivity (Wildman–Crippen MR) is 40.5 cm³/mol. The fourth-order valence-corrected chi connectivity index (χ4v) is 0.407. The van der Waals surface area contributed by atoms with Crippen LogP contribution in [0.3, 0.4) is 0 Å². The van der Waals surface area contributed by atoms with Crippen LogP contribution in [0.15, 0.2) is 0 Å². The van der Waals surface area contributed by atoms with Crippen LogP contribution in [-0.4, -0.2) is 22.9 Å². The third kappa shape index (κ3) is 4.36. The predicted octanol–water partition coefficient (Wildman–Crippen LogP) is 1.12. The molecule has 0 aromatic rings. The van der Waals surface area contributed by atoms with Crippen molar-refractivity contribution in [3.05, 3.63) is 0 Å². The Kier molecular flexibility index (Phi) is 4.62. The highest BCUT2D eigenvalue weighted by atomic mass is 32.1. The van der Waals surface area contributed by atoms with Gasteiger partial charge in [-0.1, -0.05) is 6.92 Å². The molecule has 0 aliphatic rings. The Balaban J connectivity index is 3.28. The minimum atomic E-state index is -0.619. The third-order valence-corrected chi connectivity index (χ3v) is 1.25. The molecule has 0 saturated carbocycles. The minimum absolute atomic E-state index is 0.289. The lowest BCUT2D eigenvalue weighted by atomic mass is 10.4. The van der Waals surface area contributed by atoms with Gasteiger partial charge in [0, 0.05) is 0 Å². The van der Waals surface area contributed by atoms with Crippen LogP contribution in [0.1, 0.15) is 20.3 Å². The van der Waals surface area contributed by atoms with Gasteiger partial charge in [-0.15, -0.1) is 0 Å². The van der Waals surface area contributed by atoms with Gasteiger partial charge in [0.2, 0.25) is 0 Å². The molecule has 0 aromatic carbocycles. The van der Waals surface area contributed by atoms with Crippen molar-refractivity contribution >= 4 is 17.3 Å². The van der Waals surface area contributed by atoms with E-state index in [0.29, 0.717) is 6.61 Å². The van der Waals surface area contributed by atoms with Crippen LogP contribution >= 0.6 is 12.2 Å². The van der Waals surface area contributed by atoms with Crippen molar-refractivity contribution in [3.63, 3.8) is 0 Å². The zero-order valence-electron chi connectivity index (χ0n) is 5.76. The highest BCUT2D eigenvalue weighted by Gasteiger charge is 2.02. The van der Waals surface area contributed by atoms with E-state index in [2.05, 4.69) is 12.2 Å². The van der Waals surface area contributed by atoms with Gasteiger partial charge in [-0.2, -0.15) is 0 Å². The summed E-state index contributed by atoms with van der Waals surface area (Å²) in [5, 5.41) is 9.07. The lowest BCUT2D eigenvalue weighted by molar-refractivity contribution is 0.206. The fourth-order valence-electron chi connectivity index (χ4n) is 0.323. The largest absolute Gasteiger partial charge is 0.484 e. The Morgan fingerprint density at radius 1 is 1.78 bits per heavy atom. The summed E-state index contributed by atoms with van der Waals surface area (Å²) in [7, 11) is 0. The van der Waals surface area contributed by atoms with Crippen LogP contribution in [-0.2, 0) is 4.74 Å². The second-order valence-electron chi connectivity index (χ2n) is 1.84. The maximum atomic E-state index is 8.78. The van der Waals surface area contributed by atoms with E-state index < -0.39 is 6.10 Å². The first kappa shape index (κ1) is 8.85. The molecule has 0 spiro atoms. The third-order valence-electron chi connectivity index (χ3n) is 0.790. The molecule has 1 atom stereocenters. The standard InChI is InChI=1S/C6H12O2S/c1-3-4-8-6(9)5(2)7/h5,7H,3-4H2,1-2H3. The van der Waals surface area contributed by atoms with E-state index in [1.165, 1.54) is 0 Å². The topological polar surface area (TPSA) is 29.5 Å². The SMILES string of the molecule is CCCOC(=S)C(C)O.